The Balaban J connectivity index is 0.000000308. The first kappa shape index (κ1) is 65.5. The molecule has 0 spiro atoms. The van der Waals surface area contributed by atoms with Gasteiger partial charge in [0, 0.05) is 29.1 Å². The van der Waals surface area contributed by atoms with Gasteiger partial charge in [0.05, 0.1) is 63.8 Å². The minimum absolute atomic E-state index is 0.134. The van der Waals surface area contributed by atoms with Gasteiger partial charge in [0.25, 0.3) is 5.91 Å². The van der Waals surface area contributed by atoms with E-state index in [9.17, 15) is 19.2 Å². The molecule has 2 radical (unpaired) electrons. The van der Waals surface area contributed by atoms with Gasteiger partial charge in [-0.25, -0.2) is 14.4 Å². The number of rotatable bonds is 18. The predicted molar refractivity (Wildman–Crippen MR) is 324 cm³/mol. The molecule has 1 N–H and O–H groups in total. The molecule has 0 unspecified atom stereocenters. The first-order chi connectivity index (χ1) is 35.0. The van der Waals surface area contributed by atoms with Crippen molar-refractivity contribution in [3.8, 4) is 11.5 Å². The van der Waals surface area contributed by atoms with Crippen LogP contribution in [-0.2, 0) is 23.8 Å². The van der Waals surface area contributed by atoms with Gasteiger partial charge in [0.1, 0.15) is 11.5 Å². The van der Waals surface area contributed by atoms with Crippen molar-refractivity contribution in [1.82, 2.24) is 4.91 Å². The Hall–Kier alpha value is -4.77. The molecule has 1 amide bonds. The average Bonchev–Trinajstić information content (AvgIpc) is 3.32. The molecule has 0 aliphatic carbocycles. The number of ether oxygens (including phenoxy) is 5. The Labute approximate surface area is 471 Å². The van der Waals surface area contributed by atoms with Crippen LogP contribution in [0, 0.1) is 41.5 Å². The summed E-state index contributed by atoms with van der Waals surface area (Å²) in [6, 6.07) is 17.6. The summed E-state index contributed by atoms with van der Waals surface area (Å²) in [5.41, 5.74) is 10.4. The van der Waals surface area contributed by atoms with Gasteiger partial charge in [0.15, 0.2) is 0 Å². The summed E-state index contributed by atoms with van der Waals surface area (Å²) in [4.78, 5) is 50.9. The zero-order valence-corrected chi connectivity index (χ0v) is 56.9. The maximum absolute atomic E-state index is 12.6. The van der Waals surface area contributed by atoms with Crippen LogP contribution in [0.5, 0.6) is 11.5 Å². The Bertz CT molecular complexity index is 2740. The Morgan fingerprint density at radius 1 is 0.645 bits per heavy atom. The van der Waals surface area contributed by atoms with E-state index in [2.05, 4.69) is 102 Å². The van der Waals surface area contributed by atoms with E-state index < -0.39 is 78.6 Å². The summed E-state index contributed by atoms with van der Waals surface area (Å²) in [6.07, 6.45) is 0. The van der Waals surface area contributed by atoms with E-state index in [0.717, 1.165) is 61.8 Å². The van der Waals surface area contributed by atoms with Crippen LogP contribution in [0.3, 0.4) is 0 Å². The van der Waals surface area contributed by atoms with E-state index in [1.54, 1.807) is 38.2 Å². The number of esters is 3. The van der Waals surface area contributed by atoms with Crippen molar-refractivity contribution >= 4 is 89.8 Å². The SMILES string of the molecule is C=C(C(=O)OCC)[C@@H](Nc1cc(C)c(C)c(OC)c1)c1ccc(C)c(C(=O)OC)c1.C=C1C(=O)N(c2cc(C)c(C)c(OC)c2)[C@H]1c1ccc(C)c(C(=O)OC)c1.C[Si](C)(C)[N]([Sn][N]([Si](C)(C)C)[Si](C)(C)C)[Si](C)(C)C. The van der Waals surface area contributed by atoms with E-state index in [0.29, 0.717) is 22.3 Å². The van der Waals surface area contributed by atoms with Crippen molar-refractivity contribution in [2.24, 2.45) is 0 Å². The molecule has 2 atom stereocenters. The third-order valence-corrected chi connectivity index (χ3v) is 53.3. The summed E-state index contributed by atoms with van der Waals surface area (Å²) in [7, 11) is 1.24. The molecule has 0 saturated carbocycles. The predicted octanol–water partition coefficient (Wildman–Crippen LogP) is 13.2. The number of hydrogen-bond donors (Lipinski definition) is 1. The van der Waals surface area contributed by atoms with Gasteiger partial charge in [-0.3, -0.25) is 9.69 Å². The van der Waals surface area contributed by atoms with Crippen LogP contribution in [0.2, 0.25) is 78.6 Å². The van der Waals surface area contributed by atoms with Crippen molar-refractivity contribution < 1.29 is 42.9 Å². The van der Waals surface area contributed by atoms with E-state index in [1.807, 2.05) is 90.1 Å². The molecule has 1 aliphatic rings. The second kappa shape index (κ2) is 26.7. The number of hydrogen-bond acceptors (Lipinski definition) is 12. The first-order valence-electron chi connectivity index (χ1n) is 25.7. The Morgan fingerprint density at radius 2 is 1.09 bits per heavy atom. The van der Waals surface area contributed by atoms with Crippen LogP contribution in [0.15, 0.2) is 85.0 Å². The number of amides is 1. The molecule has 0 aromatic heterocycles. The van der Waals surface area contributed by atoms with Crippen LogP contribution in [0.4, 0.5) is 11.4 Å². The van der Waals surface area contributed by atoms with Crippen LogP contribution in [0.1, 0.15) is 84.2 Å². The zero-order chi connectivity index (χ0) is 58.2. The van der Waals surface area contributed by atoms with Crippen molar-refractivity contribution in [3.63, 3.8) is 0 Å². The van der Waals surface area contributed by atoms with Crippen molar-refractivity contribution in [2.75, 3.05) is 45.3 Å². The van der Waals surface area contributed by atoms with Gasteiger partial charge >= 0.3 is 156 Å². The zero-order valence-electron chi connectivity index (χ0n) is 50.1. The molecule has 1 fully saturated rings. The maximum atomic E-state index is 12.6. The van der Waals surface area contributed by atoms with E-state index in [1.165, 1.54) is 14.2 Å². The normalized spacial score (nSPS) is 14.1. The van der Waals surface area contributed by atoms with Gasteiger partial charge in [-0.15, -0.1) is 0 Å². The van der Waals surface area contributed by atoms with E-state index >= 15 is 0 Å². The number of benzene rings is 4. The molecule has 0 bridgehead atoms. The summed E-state index contributed by atoms with van der Waals surface area (Å²) >= 11 is -0.599. The number of nitrogens with zero attached hydrogens (tertiary/aromatic N) is 3. The third kappa shape index (κ3) is 16.4. The monoisotopic (exact) mass is 1220 g/mol. The number of nitrogens with one attached hydrogen (secondary N) is 1. The van der Waals surface area contributed by atoms with Gasteiger partial charge in [-0.2, -0.15) is 0 Å². The van der Waals surface area contributed by atoms with Gasteiger partial charge in [-0.1, -0.05) is 37.4 Å². The van der Waals surface area contributed by atoms with Gasteiger partial charge in [0.2, 0.25) is 0 Å². The number of carbonyl (C=O) groups is 4. The molecule has 13 nitrogen and oxygen atoms in total. The molecular weight excluding hydrogens is 1130 g/mol. The number of β-lactam (4-membered cyclic amide) rings is 1. The molecule has 18 heteroatoms. The number of anilines is 2. The fourth-order valence-corrected chi connectivity index (χ4v) is 42.8. The third-order valence-electron chi connectivity index (χ3n) is 13.1. The van der Waals surface area contributed by atoms with Gasteiger partial charge < -0.3 is 29.0 Å². The average molecular weight is 1220 g/mol. The fraction of sp³-hybridized carbons (Fsp3) is 0.448. The van der Waals surface area contributed by atoms with Gasteiger partial charge in [-0.05, 0) is 117 Å². The molecule has 1 aliphatic heterocycles. The standard InChI is InChI=1S/C24H29NO5.C22H23NO4.2C6H18NSi2.Sn/c1-8-30-23(26)17(5)22(18-10-9-14(2)20(12-18)24(27)29-7)25-19-11-15(3)16(4)21(13-19)28-6;1-12-7-8-16(10-18(12)22(25)27-6)20-15(4)21(24)23(20)17-9-13(2)14(3)19(11-17)26-5;2*1-8(2,3)7-9(4,5)6;/h9-13,22,25H,5,8H2,1-4,6-7H3;7-11,20H,4H2,1-3,5-6H3;2*1-6H3;/q;;2*-1;+2/t22-;20-;;;/m11.../s1. The number of methoxy groups -OCH3 is 4. The molecule has 4 aromatic carbocycles. The van der Waals surface area contributed by atoms with Crippen molar-refractivity contribution in [2.45, 2.75) is 139 Å². The summed E-state index contributed by atoms with van der Waals surface area (Å²) < 4.78 is 32.0. The van der Waals surface area contributed by atoms with Crippen LogP contribution in [0.25, 0.3) is 0 Å². The van der Waals surface area contributed by atoms with Crippen LogP contribution >= 0.6 is 0 Å². The number of carbonyl (C=O) groups excluding carboxylic acids is 4. The summed E-state index contributed by atoms with van der Waals surface area (Å²) in [5.74, 6) is -0.0189. The Kier molecular flexibility index (Phi) is 23.0. The molecule has 76 heavy (non-hydrogen) atoms. The molecular formula is C58H88N4O9Si4Sn. The fourth-order valence-electron chi connectivity index (χ4n) is 9.26. The number of aryl methyl sites for hydroxylation is 4. The first-order valence-corrected chi connectivity index (χ1v) is 42.0. The molecule has 1 heterocycles. The van der Waals surface area contributed by atoms with Crippen molar-refractivity contribution in [3.05, 3.63) is 141 Å². The molecule has 5 rings (SSSR count). The second-order valence-electron chi connectivity index (χ2n) is 23.2. The molecule has 414 valence electrons. The van der Waals surface area contributed by atoms with E-state index in [-0.39, 0.29) is 24.1 Å². The Morgan fingerprint density at radius 3 is 1.54 bits per heavy atom. The quantitative estimate of drug-likeness (QED) is 0.0334. The second-order valence-corrected chi connectivity index (χ2v) is 51.5. The summed E-state index contributed by atoms with van der Waals surface area (Å²) in [5, 5.41) is 3.35. The van der Waals surface area contributed by atoms with E-state index in [4.69, 9.17) is 23.7 Å². The molecule has 1 saturated heterocycles. The minimum atomic E-state index is -1.17. The van der Waals surface area contributed by atoms with Crippen molar-refractivity contribution in [1.29, 1.82) is 0 Å². The van der Waals surface area contributed by atoms with Crippen LogP contribution < -0.4 is 19.7 Å². The summed E-state index contributed by atoms with van der Waals surface area (Å²) in [6.45, 7) is 52.1. The topological polar surface area (TPSA) is 136 Å². The van der Waals surface area contributed by atoms with Crippen LogP contribution in [-0.4, -0.2) is 118 Å². The molecule has 4 aromatic rings.